The van der Waals surface area contributed by atoms with Gasteiger partial charge in [0.1, 0.15) is 0 Å². The molecule has 0 amide bonds. The highest BCUT2D eigenvalue weighted by Gasteiger charge is 2.17. The number of aliphatic hydroxyl groups is 1. The second-order valence-electron chi connectivity index (χ2n) is 3.82. The summed E-state index contributed by atoms with van der Waals surface area (Å²) in [5, 5.41) is 13.5. The Bertz CT molecular complexity index is 260. The van der Waals surface area contributed by atoms with Crippen molar-refractivity contribution < 1.29 is 5.11 Å². The fourth-order valence-electron chi connectivity index (χ4n) is 1.69. The van der Waals surface area contributed by atoms with E-state index < -0.39 is 6.10 Å². The summed E-state index contributed by atoms with van der Waals surface area (Å²) in [5.74, 6) is 0. The van der Waals surface area contributed by atoms with Crippen molar-refractivity contribution in [1.82, 2.24) is 5.32 Å². The zero-order valence-corrected chi connectivity index (χ0v) is 9.61. The summed E-state index contributed by atoms with van der Waals surface area (Å²) in [6.07, 6.45) is 1.64. The van der Waals surface area contributed by atoms with Gasteiger partial charge in [-0.05, 0) is 24.9 Å². The molecule has 1 rings (SSSR count). The number of hydrogen-bond acceptors (Lipinski definition) is 2. The molecule has 0 saturated carbocycles. The molecule has 0 aliphatic carbocycles. The van der Waals surface area contributed by atoms with Crippen LogP contribution < -0.4 is 5.32 Å². The van der Waals surface area contributed by atoms with E-state index in [1.807, 2.05) is 30.3 Å². The lowest BCUT2D eigenvalue weighted by molar-refractivity contribution is 0.126. The van der Waals surface area contributed by atoms with Crippen LogP contribution in [0, 0.1) is 0 Å². The molecular formula is C13H21NO. The molecule has 15 heavy (non-hydrogen) atoms. The molecule has 0 spiro atoms. The third-order valence-corrected chi connectivity index (χ3v) is 2.62. The standard InChI is InChI=1S/C13H21NO/c1-3-10-14-12(4-2)13(15)11-8-6-5-7-9-11/h5-9,12-15H,3-4,10H2,1-2H3. The van der Waals surface area contributed by atoms with Crippen LogP contribution in [0.15, 0.2) is 30.3 Å². The second kappa shape index (κ2) is 6.59. The van der Waals surface area contributed by atoms with Gasteiger partial charge < -0.3 is 10.4 Å². The van der Waals surface area contributed by atoms with Crippen LogP contribution in [0.3, 0.4) is 0 Å². The van der Waals surface area contributed by atoms with Crippen LogP contribution in [0.5, 0.6) is 0 Å². The van der Waals surface area contributed by atoms with E-state index >= 15 is 0 Å². The Morgan fingerprint density at radius 2 is 1.87 bits per heavy atom. The van der Waals surface area contributed by atoms with E-state index in [0.29, 0.717) is 0 Å². The van der Waals surface area contributed by atoms with Gasteiger partial charge in [-0.3, -0.25) is 0 Å². The van der Waals surface area contributed by atoms with Crippen molar-refractivity contribution in [2.45, 2.75) is 38.8 Å². The number of nitrogens with one attached hydrogen (secondary N) is 1. The molecule has 2 heteroatoms. The van der Waals surface area contributed by atoms with Crippen molar-refractivity contribution in [3.8, 4) is 0 Å². The summed E-state index contributed by atoms with van der Waals surface area (Å²) >= 11 is 0. The molecule has 2 unspecified atom stereocenters. The van der Waals surface area contributed by atoms with Crippen molar-refractivity contribution >= 4 is 0 Å². The average Bonchev–Trinajstić information content (AvgIpc) is 2.31. The number of benzene rings is 1. The molecule has 84 valence electrons. The van der Waals surface area contributed by atoms with Crippen LogP contribution in [0.25, 0.3) is 0 Å². The van der Waals surface area contributed by atoms with Gasteiger partial charge in [-0.1, -0.05) is 44.2 Å². The van der Waals surface area contributed by atoms with Gasteiger partial charge in [0.05, 0.1) is 6.10 Å². The minimum atomic E-state index is -0.400. The third kappa shape index (κ3) is 3.65. The first-order valence-electron chi connectivity index (χ1n) is 5.76. The van der Waals surface area contributed by atoms with E-state index in [2.05, 4.69) is 19.2 Å². The van der Waals surface area contributed by atoms with Gasteiger partial charge >= 0.3 is 0 Å². The first-order chi connectivity index (χ1) is 7.29. The fourth-order valence-corrected chi connectivity index (χ4v) is 1.69. The highest BCUT2D eigenvalue weighted by atomic mass is 16.3. The predicted octanol–water partition coefficient (Wildman–Crippen LogP) is 2.50. The minimum absolute atomic E-state index is 0.160. The molecule has 1 aromatic rings. The molecule has 0 aromatic heterocycles. The molecule has 0 saturated heterocycles. The lowest BCUT2D eigenvalue weighted by atomic mass is 10.0. The molecule has 2 atom stereocenters. The largest absolute Gasteiger partial charge is 0.387 e. The smallest absolute Gasteiger partial charge is 0.0942 e. The first kappa shape index (κ1) is 12.2. The van der Waals surface area contributed by atoms with Crippen LogP contribution in [-0.4, -0.2) is 17.7 Å². The van der Waals surface area contributed by atoms with Crippen molar-refractivity contribution in [2.75, 3.05) is 6.54 Å². The lowest BCUT2D eigenvalue weighted by Gasteiger charge is -2.23. The van der Waals surface area contributed by atoms with Crippen LogP contribution in [0.2, 0.25) is 0 Å². The minimum Gasteiger partial charge on any atom is -0.387 e. The Kier molecular flexibility index (Phi) is 5.37. The highest BCUT2D eigenvalue weighted by Crippen LogP contribution is 2.18. The maximum absolute atomic E-state index is 10.1. The van der Waals surface area contributed by atoms with E-state index in [1.54, 1.807) is 0 Å². The van der Waals surface area contributed by atoms with E-state index in [4.69, 9.17) is 0 Å². The van der Waals surface area contributed by atoms with Crippen LogP contribution >= 0.6 is 0 Å². The maximum atomic E-state index is 10.1. The van der Waals surface area contributed by atoms with Crippen LogP contribution in [-0.2, 0) is 0 Å². The molecule has 2 N–H and O–H groups in total. The fraction of sp³-hybridized carbons (Fsp3) is 0.538. The summed E-state index contributed by atoms with van der Waals surface area (Å²) < 4.78 is 0. The summed E-state index contributed by atoms with van der Waals surface area (Å²) in [5.41, 5.74) is 0.993. The Balaban J connectivity index is 2.60. The van der Waals surface area contributed by atoms with Crippen molar-refractivity contribution in [3.05, 3.63) is 35.9 Å². The Hall–Kier alpha value is -0.860. The first-order valence-corrected chi connectivity index (χ1v) is 5.76. The third-order valence-electron chi connectivity index (χ3n) is 2.62. The van der Waals surface area contributed by atoms with Crippen molar-refractivity contribution in [1.29, 1.82) is 0 Å². The summed E-state index contributed by atoms with van der Waals surface area (Å²) in [6.45, 7) is 5.19. The second-order valence-corrected chi connectivity index (χ2v) is 3.82. The molecule has 0 fully saturated rings. The zero-order valence-electron chi connectivity index (χ0n) is 9.61. The quantitative estimate of drug-likeness (QED) is 0.751. The van der Waals surface area contributed by atoms with Gasteiger partial charge in [0.25, 0.3) is 0 Å². The van der Waals surface area contributed by atoms with Crippen molar-refractivity contribution in [3.63, 3.8) is 0 Å². The van der Waals surface area contributed by atoms with Crippen molar-refractivity contribution in [2.24, 2.45) is 0 Å². The van der Waals surface area contributed by atoms with E-state index in [-0.39, 0.29) is 6.04 Å². The van der Waals surface area contributed by atoms with E-state index in [9.17, 15) is 5.11 Å². The van der Waals surface area contributed by atoms with Crippen LogP contribution in [0.1, 0.15) is 38.4 Å². The number of aliphatic hydroxyl groups excluding tert-OH is 1. The summed E-state index contributed by atoms with van der Waals surface area (Å²) in [6, 6.07) is 10.0. The monoisotopic (exact) mass is 207 g/mol. The number of hydrogen-bond donors (Lipinski definition) is 2. The molecular weight excluding hydrogens is 186 g/mol. The van der Waals surface area contributed by atoms with Gasteiger partial charge in [-0.2, -0.15) is 0 Å². The summed E-state index contributed by atoms with van der Waals surface area (Å²) in [4.78, 5) is 0. The van der Waals surface area contributed by atoms with E-state index in [1.165, 1.54) is 0 Å². The topological polar surface area (TPSA) is 32.3 Å². The van der Waals surface area contributed by atoms with Gasteiger partial charge in [-0.15, -0.1) is 0 Å². The molecule has 0 radical (unpaired) electrons. The normalized spacial score (nSPS) is 14.9. The Morgan fingerprint density at radius 1 is 1.20 bits per heavy atom. The number of rotatable bonds is 6. The highest BCUT2D eigenvalue weighted by molar-refractivity contribution is 5.18. The molecule has 0 aliphatic rings. The van der Waals surface area contributed by atoms with Gasteiger partial charge in [0.2, 0.25) is 0 Å². The molecule has 0 bridgehead atoms. The summed E-state index contributed by atoms with van der Waals surface area (Å²) in [7, 11) is 0. The predicted molar refractivity (Wildman–Crippen MR) is 63.8 cm³/mol. The lowest BCUT2D eigenvalue weighted by Crippen LogP contribution is -2.34. The average molecular weight is 207 g/mol. The molecule has 1 aromatic carbocycles. The SMILES string of the molecule is CCCNC(CC)C(O)c1ccccc1. The zero-order chi connectivity index (χ0) is 11.1. The molecule has 0 heterocycles. The van der Waals surface area contributed by atoms with E-state index in [0.717, 1.165) is 24.9 Å². The molecule has 2 nitrogen and oxygen atoms in total. The van der Waals surface area contributed by atoms with Gasteiger partial charge in [0.15, 0.2) is 0 Å². The van der Waals surface area contributed by atoms with Gasteiger partial charge in [-0.25, -0.2) is 0 Å². The van der Waals surface area contributed by atoms with Gasteiger partial charge in [0, 0.05) is 6.04 Å². The molecule has 0 aliphatic heterocycles. The Morgan fingerprint density at radius 3 is 2.40 bits per heavy atom. The van der Waals surface area contributed by atoms with Crippen LogP contribution in [0.4, 0.5) is 0 Å². The maximum Gasteiger partial charge on any atom is 0.0942 e. The Labute approximate surface area is 92.3 Å².